The summed E-state index contributed by atoms with van der Waals surface area (Å²) in [7, 11) is 0. The number of anilines is 1. The van der Waals surface area contributed by atoms with Gasteiger partial charge in [-0.15, -0.1) is 0 Å². The molecule has 1 aromatic rings. The van der Waals surface area contributed by atoms with Crippen LogP contribution < -0.4 is 5.73 Å². The van der Waals surface area contributed by atoms with Crippen LogP contribution in [0.25, 0.3) is 0 Å². The lowest BCUT2D eigenvalue weighted by molar-refractivity contribution is -0.130. The fourth-order valence-corrected chi connectivity index (χ4v) is 2.16. The zero-order chi connectivity index (χ0) is 13.0. The molecule has 0 bridgehead atoms. The van der Waals surface area contributed by atoms with Crippen LogP contribution in [0.4, 0.5) is 5.69 Å². The molecule has 1 aliphatic rings. The number of nitrogen functional groups attached to an aromatic ring is 1. The molecule has 0 saturated carbocycles. The van der Waals surface area contributed by atoms with E-state index in [1.807, 2.05) is 29.2 Å². The number of rotatable bonds is 3. The quantitative estimate of drug-likeness (QED) is 0.655. The van der Waals surface area contributed by atoms with E-state index in [1.165, 1.54) is 5.57 Å². The predicted octanol–water partition coefficient (Wildman–Crippen LogP) is 2.38. The highest BCUT2D eigenvalue weighted by atomic mass is 16.2. The van der Waals surface area contributed by atoms with Crippen LogP contribution in [0, 0.1) is 0 Å². The molecule has 2 rings (SSSR count). The van der Waals surface area contributed by atoms with Crippen LogP contribution in [0.1, 0.15) is 25.3 Å². The Bertz CT molecular complexity index is 465. The smallest absolute Gasteiger partial charge is 0.223 e. The van der Waals surface area contributed by atoms with Gasteiger partial charge in [-0.2, -0.15) is 0 Å². The number of nitrogens with two attached hydrogens (primary N) is 1. The van der Waals surface area contributed by atoms with Crippen molar-refractivity contribution in [3.8, 4) is 0 Å². The number of nitrogens with zero attached hydrogens (tertiary/aromatic N) is 1. The second kappa shape index (κ2) is 5.71. The van der Waals surface area contributed by atoms with E-state index in [4.69, 9.17) is 5.73 Å². The number of benzene rings is 1. The van der Waals surface area contributed by atoms with Crippen molar-refractivity contribution in [3.05, 3.63) is 41.5 Å². The summed E-state index contributed by atoms with van der Waals surface area (Å²) in [6, 6.07) is 7.75. The Balaban J connectivity index is 1.87. The molecule has 0 atom stereocenters. The first-order valence-corrected chi connectivity index (χ1v) is 6.43. The molecule has 1 aromatic carbocycles. The van der Waals surface area contributed by atoms with Crippen LogP contribution >= 0.6 is 0 Å². The number of hydrogen-bond acceptors (Lipinski definition) is 2. The predicted molar refractivity (Wildman–Crippen MR) is 74.1 cm³/mol. The first kappa shape index (κ1) is 12.7. The number of carbonyl (C=O) groups excluding carboxylic acids is 1. The second-order valence-corrected chi connectivity index (χ2v) is 4.84. The number of para-hydroxylation sites is 1. The third-order valence-electron chi connectivity index (χ3n) is 3.45. The van der Waals surface area contributed by atoms with Crippen molar-refractivity contribution in [2.45, 2.75) is 26.2 Å². The summed E-state index contributed by atoms with van der Waals surface area (Å²) in [5.74, 6) is 0.224. The molecular weight excluding hydrogens is 224 g/mol. The maximum Gasteiger partial charge on any atom is 0.223 e. The van der Waals surface area contributed by atoms with Gasteiger partial charge in [0.05, 0.1) is 0 Å². The molecule has 0 aliphatic carbocycles. The molecule has 0 unspecified atom stereocenters. The molecule has 0 aromatic heterocycles. The van der Waals surface area contributed by atoms with Gasteiger partial charge in [-0.25, -0.2) is 0 Å². The van der Waals surface area contributed by atoms with Crippen molar-refractivity contribution in [2.75, 3.05) is 18.8 Å². The van der Waals surface area contributed by atoms with Gasteiger partial charge in [0.25, 0.3) is 0 Å². The molecule has 1 amide bonds. The molecule has 3 heteroatoms. The first-order chi connectivity index (χ1) is 8.66. The lowest BCUT2D eigenvalue weighted by Gasteiger charge is -2.25. The van der Waals surface area contributed by atoms with Gasteiger partial charge in [-0.05, 0) is 31.4 Å². The fourth-order valence-electron chi connectivity index (χ4n) is 2.16. The minimum Gasteiger partial charge on any atom is -0.399 e. The van der Waals surface area contributed by atoms with Gasteiger partial charge in [0, 0.05) is 25.2 Å². The van der Waals surface area contributed by atoms with Crippen LogP contribution in [0.15, 0.2) is 35.9 Å². The van der Waals surface area contributed by atoms with Gasteiger partial charge in [0.1, 0.15) is 0 Å². The number of carbonyl (C=O) groups is 1. The van der Waals surface area contributed by atoms with E-state index < -0.39 is 0 Å². The van der Waals surface area contributed by atoms with E-state index in [9.17, 15) is 4.79 Å². The van der Waals surface area contributed by atoms with Gasteiger partial charge >= 0.3 is 0 Å². The highest BCUT2D eigenvalue weighted by Crippen LogP contribution is 2.15. The molecular formula is C15H20N2O. The van der Waals surface area contributed by atoms with E-state index in [2.05, 4.69) is 13.0 Å². The summed E-state index contributed by atoms with van der Waals surface area (Å²) < 4.78 is 0. The van der Waals surface area contributed by atoms with Gasteiger partial charge in [0.15, 0.2) is 0 Å². The number of amides is 1. The Morgan fingerprint density at radius 3 is 2.83 bits per heavy atom. The normalized spacial score (nSPS) is 15.4. The van der Waals surface area contributed by atoms with Gasteiger partial charge in [-0.3, -0.25) is 4.79 Å². The Labute approximate surface area is 108 Å². The minimum atomic E-state index is 0.224. The van der Waals surface area contributed by atoms with Crippen molar-refractivity contribution in [2.24, 2.45) is 0 Å². The van der Waals surface area contributed by atoms with Crippen molar-refractivity contribution in [1.82, 2.24) is 4.90 Å². The summed E-state index contributed by atoms with van der Waals surface area (Å²) in [6.07, 6.45) is 4.41. The third-order valence-corrected chi connectivity index (χ3v) is 3.45. The molecule has 96 valence electrons. The van der Waals surface area contributed by atoms with Crippen LogP contribution in [0.3, 0.4) is 0 Å². The van der Waals surface area contributed by atoms with Gasteiger partial charge in [0.2, 0.25) is 5.91 Å². The van der Waals surface area contributed by atoms with Crippen LogP contribution in [0.2, 0.25) is 0 Å². The second-order valence-electron chi connectivity index (χ2n) is 4.84. The van der Waals surface area contributed by atoms with Crippen molar-refractivity contribution >= 4 is 11.6 Å². The zero-order valence-corrected chi connectivity index (χ0v) is 10.9. The molecule has 0 saturated heterocycles. The molecule has 1 heterocycles. The Kier molecular flexibility index (Phi) is 4.03. The van der Waals surface area contributed by atoms with E-state index >= 15 is 0 Å². The highest BCUT2D eigenvalue weighted by Gasteiger charge is 2.15. The lowest BCUT2D eigenvalue weighted by Crippen LogP contribution is -2.34. The van der Waals surface area contributed by atoms with E-state index in [0.29, 0.717) is 6.42 Å². The van der Waals surface area contributed by atoms with Crippen molar-refractivity contribution < 1.29 is 4.79 Å². The molecule has 18 heavy (non-hydrogen) atoms. The molecule has 0 fully saturated rings. The number of aryl methyl sites for hydroxylation is 1. The van der Waals surface area contributed by atoms with Crippen LogP contribution in [-0.4, -0.2) is 23.9 Å². The maximum absolute atomic E-state index is 12.0. The summed E-state index contributed by atoms with van der Waals surface area (Å²) in [5, 5.41) is 0. The summed E-state index contributed by atoms with van der Waals surface area (Å²) in [5.41, 5.74) is 9.09. The Hall–Kier alpha value is -1.77. The summed E-state index contributed by atoms with van der Waals surface area (Å²) in [6.45, 7) is 3.73. The van der Waals surface area contributed by atoms with Crippen LogP contribution in [0.5, 0.6) is 0 Å². The van der Waals surface area contributed by atoms with Crippen molar-refractivity contribution in [3.63, 3.8) is 0 Å². The molecule has 0 radical (unpaired) electrons. The molecule has 3 nitrogen and oxygen atoms in total. The van der Waals surface area contributed by atoms with E-state index in [0.717, 1.165) is 37.2 Å². The van der Waals surface area contributed by atoms with Gasteiger partial charge in [-0.1, -0.05) is 29.8 Å². The third kappa shape index (κ3) is 3.13. The first-order valence-electron chi connectivity index (χ1n) is 6.43. The lowest BCUT2D eigenvalue weighted by atomic mass is 10.1. The average molecular weight is 244 g/mol. The molecule has 0 spiro atoms. The van der Waals surface area contributed by atoms with Crippen LogP contribution in [-0.2, 0) is 11.2 Å². The SMILES string of the molecule is CC1=CCN(C(=O)CCc2ccccc2N)CC1. The average Bonchev–Trinajstić information content (AvgIpc) is 2.38. The Morgan fingerprint density at radius 2 is 2.17 bits per heavy atom. The summed E-state index contributed by atoms with van der Waals surface area (Å²) in [4.78, 5) is 14.0. The zero-order valence-electron chi connectivity index (χ0n) is 10.9. The topological polar surface area (TPSA) is 46.3 Å². The van der Waals surface area contributed by atoms with Crippen molar-refractivity contribution in [1.29, 1.82) is 0 Å². The minimum absolute atomic E-state index is 0.224. The monoisotopic (exact) mass is 244 g/mol. The molecule has 2 N–H and O–H groups in total. The highest BCUT2D eigenvalue weighted by molar-refractivity contribution is 5.77. The maximum atomic E-state index is 12.0. The Morgan fingerprint density at radius 1 is 1.39 bits per heavy atom. The van der Waals surface area contributed by atoms with Gasteiger partial charge < -0.3 is 10.6 Å². The summed E-state index contributed by atoms with van der Waals surface area (Å²) >= 11 is 0. The van der Waals surface area contributed by atoms with E-state index in [-0.39, 0.29) is 5.91 Å². The number of hydrogen-bond donors (Lipinski definition) is 1. The van der Waals surface area contributed by atoms with E-state index in [1.54, 1.807) is 0 Å². The fraction of sp³-hybridized carbons (Fsp3) is 0.400. The standard InChI is InChI=1S/C15H20N2O/c1-12-8-10-17(11-9-12)15(18)7-6-13-4-2-3-5-14(13)16/h2-5,8H,6-7,9-11,16H2,1H3. The largest absolute Gasteiger partial charge is 0.399 e. The molecule has 1 aliphatic heterocycles.